The van der Waals surface area contributed by atoms with Gasteiger partial charge in [0.15, 0.2) is 5.76 Å². The molecule has 1 fully saturated rings. The molecule has 27 heavy (non-hydrogen) atoms. The molecule has 5 heteroatoms. The van der Waals surface area contributed by atoms with Gasteiger partial charge in [0.05, 0.1) is 7.11 Å². The molecular formula is C22H24N2O3. The fourth-order valence-corrected chi connectivity index (χ4v) is 3.62. The Kier molecular flexibility index (Phi) is 4.86. The summed E-state index contributed by atoms with van der Waals surface area (Å²) in [6.45, 7) is 5.99. The summed E-state index contributed by atoms with van der Waals surface area (Å²) in [7, 11) is 1.68. The minimum atomic E-state index is -0.00667. The molecule has 1 aliphatic heterocycles. The fourth-order valence-electron chi connectivity index (χ4n) is 3.62. The van der Waals surface area contributed by atoms with E-state index in [1.54, 1.807) is 7.11 Å². The molecule has 0 radical (unpaired) electrons. The number of para-hydroxylation sites is 1. The number of methoxy groups -OCH3 is 1. The number of hydrogen-bond acceptors (Lipinski definition) is 4. The van der Waals surface area contributed by atoms with Gasteiger partial charge in [-0.15, -0.1) is 0 Å². The monoisotopic (exact) mass is 364 g/mol. The molecule has 1 amide bonds. The smallest absolute Gasteiger partial charge is 0.289 e. The predicted molar refractivity (Wildman–Crippen MR) is 105 cm³/mol. The Morgan fingerprint density at radius 3 is 2.41 bits per heavy atom. The lowest BCUT2D eigenvalue weighted by atomic mass is 10.1. The zero-order valence-corrected chi connectivity index (χ0v) is 15.8. The number of amides is 1. The number of nitrogens with zero attached hydrogens (tertiary/aromatic N) is 2. The largest absolute Gasteiger partial charge is 0.497 e. The van der Waals surface area contributed by atoms with Crippen LogP contribution in [0, 0.1) is 6.92 Å². The van der Waals surface area contributed by atoms with Crippen LogP contribution in [0.2, 0.25) is 0 Å². The van der Waals surface area contributed by atoms with Crippen molar-refractivity contribution in [3.8, 4) is 5.75 Å². The van der Waals surface area contributed by atoms with Gasteiger partial charge in [0.2, 0.25) is 0 Å². The van der Waals surface area contributed by atoms with Gasteiger partial charge in [0, 0.05) is 43.7 Å². The average molecular weight is 364 g/mol. The summed E-state index contributed by atoms with van der Waals surface area (Å²) < 4.78 is 11.0. The highest BCUT2D eigenvalue weighted by Gasteiger charge is 2.26. The average Bonchev–Trinajstić information content (AvgIpc) is 3.05. The normalized spacial score (nSPS) is 15.3. The second-order valence-electron chi connectivity index (χ2n) is 6.97. The van der Waals surface area contributed by atoms with Crippen LogP contribution in [0.3, 0.4) is 0 Å². The van der Waals surface area contributed by atoms with E-state index in [9.17, 15) is 4.79 Å². The van der Waals surface area contributed by atoms with E-state index in [0.29, 0.717) is 18.8 Å². The number of carbonyl (C=O) groups is 1. The molecule has 140 valence electrons. The van der Waals surface area contributed by atoms with Crippen LogP contribution < -0.4 is 4.74 Å². The molecule has 0 N–H and O–H groups in total. The van der Waals surface area contributed by atoms with Crippen LogP contribution in [0.1, 0.15) is 21.7 Å². The first-order valence-electron chi connectivity index (χ1n) is 9.28. The molecule has 0 aliphatic carbocycles. The van der Waals surface area contributed by atoms with Gasteiger partial charge in [-0.1, -0.05) is 30.3 Å². The van der Waals surface area contributed by atoms with Gasteiger partial charge in [-0.05, 0) is 30.7 Å². The van der Waals surface area contributed by atoms with E-state index in [1.165, 1.54) is 5.56 Å². The first-order valence-corrected chi connectivity index (χ1v) is 9.28. The van der Waals surface area contributed by atoms with Crippen molar-refractivity contribution in [3.05, 3.63) is 65.4 Å². The minimum absolute atomic E-state index is 0.00667. The van der Waals surface area contributed by atoms with Crippen molar-refractivity contribution in [2.45, 2.75) is 13.5 Å². The van der Waals surface area contributed by atoms with Gasteiger partial charge in [0.25, 0.3) is 5.91 Å². The van der Waals surface area contributed by atoms with Gasteiger partial charge in [-0.2, -0.15) is 0 Å². The van der Waals surface area contributed by atoms with Gasteiger partial charge < -0.3 is 14.1 Å². The first kappa shape index (κ1) is 17.6. The summed E-state index contributed by atoms with van der Waals surface area (Å²) in [5.74, 6) is 1.34. The highest BCUT2D eigenvalue weighted by molar-refractivity contribution is 5.98. The van der Waals surface area contributed by atoms with E-state index in [1.807, 2.05) is 48.2 Å². The van der Waals surface area contributed by atoms with Crippen LogP contribution >= 0.6 is 0 Å². The maximum Gasteiger partial charge on any atom is 0.289 e. The molecule has 0 saturated carbocycles. The summed E-state index contributed by atoms with van der Waals surface area (Å²) in [6, 6.07) is 16.0. The standard InChI is InChI=1S/C22H24N2O3/c1-16-19-5-3-4-6-20(19)27-21(16)22(25)24-13-11-23(12-14-24)15-17-7-9-18(26-2)10-8-17/h3-10H,11-15H2,1-2H3. The Bertz CT molecular complexity index is 938. The van der Waals surface area contributed by atoms with Crippen molar-refractivity contribution in [1.82, 2.24) is 9.80 Å². The molecule has 3 aromatic rings. The van der Waals surface area contributed by atoms with Gasteiger partial charge in [-0.25, -0.2) is 0 Å². The minimum Gasteiger partial charge on any atom is -0.497 e. The Balaban J connectivity index is 1.39. The molecule has 1 aliphatic rings. The number of rotatable bonds is 4. The number of ether oxygens (including phenoxy) is 1. The van der Waals surface area contributed by atoms with Gasteiger partial charge in [-0.3, -0.25) is 9.69 Å². The zero-order chi connectivity index (χ0) is 18.8. The topological polar surface area (TPSA) is 45.9 Å². The number of hydrogen-bond donors (Lipinski definition) is 0. The van der Waals surface area contributed by atoms with Crippen LogP contribution in [0.4, 0.5) is 0 Å². The molecule has 0 bridgehead atoms. The van der Waals surface area contributed by atoms with Crippen molar-refractivity contribution < 1.29 is 13.9 Å². The lowest BCUT2D eigenvalue weighted by Gasteiger charge is -2.34. The number of carbonyl (C=O) groups excluding carboxylic acids is 1. The van der Waals surface area contributed by atoms with Crippen LogP contribution in [0.5, 0.6) is 5.75 Å². The van der Waals surface area contributed by atoms with E-state index >= 15 is 0 Å². The molecule has 1 aromatic heterocycles. The third kappa shape index (κ3) is 3.55. The number of benzene rings is 2. The number of fused-ring (bicyclic) bond motifs is 1. The van der Waals surface area contributed by atoms with Crippen molar-refractivity contribution in [2.75, 3.05) is 33.3 Å². The summed E-state index contributed by atoms with van der Waals surface area (Å²) >= 11 is 0. The molecule has 0 atom stereocenters. The second-order valence-corrected chi connectivity index (χ2v) is 6.97. The molecule has 0 spiro atoms. The highest BCUT2D eigenvalue weighted by atomic mass is 16.5. The Morgan fingerprint density at radius 1 is 1.04 bits per heavy atom. The Hall–Kier alpha value is -2.79. The molecular weight excluding hydrogens is 340 g/mol. The summed E-state index contributed by atoms with van der Waals surface area (Å²) in [6.07, 6.45) is 0. The van der Waals surface area contributed by atoms with Crippen LogP contribution in [0.25, 0.3) is 11.0 Å². The van der Waals surface area contributed by atoms with Crippen molar-refractivity contribution in [2.24, 2.45) is 0 Å². The van der Waals surface area contributed by atoms with Crippen molar-refractivity contribution >= 4 is 16.9 Å². The quantitative estimate of drug-likeness (QED) is 0.708. The predicted octanol–water partition coefficient (Wildman–Crippen LogP) is 3.71. The lowest BCUT2D eigenvalue weighted by molar-refractivity contribution is 0.0599. The SMILES string of the molecule is COc1ccc(CN2CCN(C(=O)c3oc4ccccc4c3C)CC2)cc1. The second kappa shape index (κ2) is 7.45. The maximum absolute atomic E-state index is 12.9. The third-order valence-corrected chi connectivity index (χ3v) is 5.26. The van der Waals surface area contributed by atoms with E-state index < -0.39 is 0 Å². The first-order chi connectivity index (χ1) is 13.2. The van der Waals surface area contributed by atoms with Crippen LogP contribution in [-0.4, -0.2) is 49.0 Å². The molecule has 1 saturated heterocycles. The van der Waals surface area contributed by atoms with Crippen molar-refractivity contribution in [3.63, 3.8) is 0 Å². The molecule has 0 unspecified atom stereocenters. The lowest BCUT2D eigenvalue weighted by Crippen LogP contribution is -2.48. The summed E-state index contributed by atoms with van der Waals surface area (Å²) in [5.41, 5.74) is 2.96. The Labute approximate surface area is 159 Å². The van der Waals surface area contributed by atoms with E-state index in [4.69, 9.17) is 9.15 Å². The summed E-state index contributed by atoms with van der Waals surface area (Å²) in [5, 5.41) is 1.01. The van der Waals surface area contributed by atoms with Crippen LogP contribution in [0.15, 0.2) is 52.9 Å². The fraction of sp³-hybridized carbons (Fsp3) is 0.318. The third-order valence-electron chi connectivity index (χ3n) is 5.26. The van der Waals surface area contributed by atoms with Gasteiger partial charge >= 0.3 is 0 Å². The molecule has 2 heterocycles. The molecule has 2 aromatic carbocycles. The van der Waals surface area contributed by atoms with Crippen molar-refractivity contribution in [1.29, 1.82) is 0 Å². The molecule has 5 nitrogen and oxygen atoms in total. The number of piperazine rings is 1. The zero-order valence-electron chi connectivity index (χ0n) is 15.8. The summed E-state index contributed by atoms with van der Waals surface area (Å²) in [4.78, 5) is 17.2. The highest BCUT2D eigenvalue weighted by Crippen LogP contribution is 2.26. The van der Waals surface area contributed by atoms with Gasteiger partial charge in [0.1, 0.15) is 11.3 Å². The Morgan fingerprint density at radius 2 is 1.74 bits per heavy atom. The molecule has 4 rings (SSSR count). The van der Waals surface area contributed by atoms with E-state index in [2.05, 4.69) is 17.0 Å². The number of furan rings is 1. The van der Waals surface area contributed by atoms with E-state index in [0.717, 1.165) is 41.9 Å². The van der Waals surface area contributed by atoms with Crippen LogP contribution in [-0.2, 0) is 6.54 Å². The van der Waals surface area contributed by atoms with E-state index in [-0.39, 0.29) is 5.91 Å². The maximum atomic E-state index is 12.9. The number of aryl methyl sites for hydroxylation is 1.